The van der Waals surface area contributed by atoms with Crippen LogP contribution in [0.3, 0.4) is 0 Å². The van der Waals surface area contributed by atoms with E-state index in [2.05, 4.69) is 5.32 Å². The van der Waals surface area contributed by atoms with Crippen molar-refractivity contribution in [2.45, 2.75) is 13.0 Å². The molecule has 0 bridgehead atoms. The third-order valence-electron chi connectivity index (χ3n) is 2.70. The number of carbonyl (C=O) groups is 1. The molecule has 0 spiro atoms. The normalized spacial score (nSPS) is 11.9. The summed E-state index contributed by atoms with van der Waals surface area (Å²) in [5.41, 5.74) is 1.95. The van der Waals surface area contributed by atoms with E-state index in [-0.39, 0.29) is 5.91 Å². The van der Waals surface area contributed by atoms with Crippen molar-refractivity contribution in [3.05, 3.63) is 65.7 Å². The summed E-state index contributed by atoms with van der Waals surface area (Å²) in [5, 5.41) is 12.4. The predicted octanol–water partition coefficient (Wildman–Crippen LogP) is 2.99. The molecule has 92 valence electrons. The molecule has 2 N–H and O–H groups in total. The van der Waals surface area contributed by atoms with Crippen molar-refractivity contribution in [2.24, 2.45) is 0 Å². The molecule has 0 unspecified atom stereocenters. The minimum atomic E-state index is -0.614. The van der Waals surface area contributed by atoms with Gasteiger partial charge >= 0.3 is 0 Å². The van der Waals surface area contributed by atoms with Crippen molar-refractivity contribution in [2.75, 3.05) is 5.32 Å². The molecule has 0 radical (unpaired) electrons. The molecule has 0 fully saturated rings. The van der Waals surface area contributed by atoms with Gasteiger partial charge < -0.3 is 10.4 Å². The molecule has 0 aromatic heterocycles. The van der Waals surface area contributed by atoms with Gasteiger partial charge in [0, 0.05) is 16.8 Å². The van der Waals surface area contributed by atoms with E-state index < -0.39 is 6.10 Å². The molecule has 2 aromatic carbocycles. The maximum Gasteiger partial charge on any atom is 0.255 e. The molecule has 3 heteroatoms. The first kappa shape index (κ1) is 12.3. The van der Waals surface area contributed by atoms with E-state index in [0.717, 1.165) is 0 Å². The zero-order valence-corrected chi connectivity index (χ0v) is 10.1. The lowest BCUT2D eigenvalue weighted by Crippen LogP contribution is -2.13. The van der Waals surface area contributed by atoms with E-state index in [1.54, 1.807) is 31.2 Å². The SMILES string of the molecule is C[C@@H](O)c1ccccc1NC(=O)c1ccccc1. The highest BCUT2D eigenvalue weighted by Gasteiger charge is 2.10. The molecule has 3 nitrogen and oxygen atoms in total. The van der Waals surface area contributed by atoms with Crippen LogP contribution in [-0.4, -0.2) is 11.0 Å². The highest BCUT2D eigenvalue weighted by atomic mass is 16.3. The van der Waals surface area contributed by atoms with Gasteiger partial charge in [0.05, 0.1) is 6.10 Å². The fraction of sp³-hybridized carbons (Fsp3) is 0.133. The Kier molecular flexibility index (Phi) is 3.75. The Balaban J connectivity index is 2.22. The number of amides is 1. The van der Waals surface area contributed by atoms with Gasteiger partial charge in [-0.3, -0.25) is 4.79 Å². The van der Waals surface area contributed by atoms with Crippen LogP contribution in [0, 0.1) is 0 Å². The Morgan fingerprint density at radius 1 is 1.06 bits per heavy atom. The van der Waals surface area contributed by atoms with Gasteiger partial charge in [-0.1, -0.05) is 36.4 Å². The van der Waals surface area contributed by atoms with Crippen LogP contribution in [0.4, 0.5) is 5.69 Å². The van der Waals surface area contributed by atoms with Crippen LogP contribution in [0.15, 0.2) is 54.6 Å². The average Bonchev–Trinajstić information content (AvgIpc) is 2.40. The Labute approximate surface area is 106 Å². The van der Waals surface area contributed by atoms with Gasteiger partial charge in [-0.05, 0) is 25.1 Å². The van der Waals surface area contributed by atoms with Gasteiger partial charge in [-0.15, -0.1) is 0 Å². The molecular formula is C15H15NO2. The van der Waals surface area contributed by atoms with Crippen LogP contribution in [0.2, 0.25) is 0 Å². The second-order valence-corrected chi connectivity index (χ2v) is 4.08. The monoisotopic (exact) mass is 241 g/mol. The number of para-hydroxylation sites is 1. The molecule has 0 saturated carbocycles. The Morgan fingerprint density at radius 2 is 1.67 bits per heavy atom. The third-order valence-corrected chi connectivity index (χ3v) is 2.70. The van der Waals surface area contributed by atoms with Gasteiger partial charge in [0.2, 0.25) is 0 Å². The minimum absolute atomic E-state index is 0.177. The van der Waals surface area contributed by atoms with Gasteiger partial charge in [-0.2, -0.15) is 0 Å². The van der Waals surface area contributed by atoms with Crippen LogP contribution in [-0.2, 0) is 0 Å². The van der Waals surface area contributed by atoms with Crippen molar-refractivity contribution in [1.29, 1.82) is 0 Å². The summed E-state index contributed by atoms with van der Waals surface area (Å²) in [5.74, 6) is -0.177. The maximum absolute atomic E-state index is 12.0. The lowest BCUT2D eigenvalue weighted by atomic mass is 10.1. The summed E-state index contributed by atoms with van der Waals surface area (Å²) in [4.78, 5) is 12.0. The summed E-state index contributed by atoms with van der Waals surface area (Å²) in [7, 11) is 0. The molecule has 0 heterocycles. The van der Waals surface area contributed by atoms with Crippen molar-refractivity contribution < 1.29 is 9.90 Å². The Hall–Kier alpha value is -2.13. The van der Waals surface area contributed by atoms with Crippen LogP contribution in [0.5, 0.6) is 0 Å². The second-order valence-electron chi connectivity index (χ2n) is 4.08. The number of hydrogen-bond acceptors (Lipinski definition) is 2. The van der Waals surface area contributed by atoms with Crippen molar-refractivity contribution in [1.82, 2.24) is 0 Å². The molecule has 0 saturated heterocycles. The zero-order valence-electron chi connectivity index (χ0n) is 10.1. The fourth-order valence-electron chi connectivity index (χ4n) is 1.76. The van der Waals surface area contributed by atoms with Crippen molar-refractivity contribution in [3.63, 3.8) is 0 Å². The van der Waals surface area contributed by atoms with Gasteiger partial charge in [0.1, 0.15) is 0 Å². The first-order valence-corrected chi connectivity index (χ1v) is 5.82. The third kappa shape index (κ3) is 2.76. The van der Waals surface area contributed by atoms with Crippen LogP contribution in [0.25, 0.3) is 0 Å². The highest BCUT2D eigenvalue weighted by molar-refractivity contribution is 6.04. The Bertz CT molecular complexity index is 535. The summed E-state index contributed by atoms with van der Waals surface area (Å²) in [6.45, 7) is 1.67. The number of aliphatic hydroxyl groups is 1. The van der Waals surface area contributed by atoms with Crippen molar-refractivity contribution >= 4 is 11.6 Å². The second kappa shape index (κ2) is 5.47. The molecule has 0 aliphatic heterocycles. The number of rotatable bonds is 3. The average molecular weight is 241 g/mol. The van der Waals surface area contributed by atoms with Gasteiger partial charge in [-0.25, -0.2) is 0 Å². The van der Waals surface area contributed by atoms with Crippen molar-refractivity contribution in [3.8, 4) is 0 Å². The number of aliphatic hydroxyl groups excluding tert-OH is 1. The lowest BCUT2D eigenvalue weighted by Gasteiger charge is -2.12. The largest absolute Gasteiger partial charge is 0.389 e. The number of nitrogens with one attached hydrogen (secondary N) is 1. The smallest absolute Gasteiger partial charge is 0.255 e. The molecule has 1 atom stereocenters. The first-order valence-electron chi connectivity index (χ1n) is 5.82. The first-order chi connectivity index (χ1) is 8.68. The Morgan fingerprint density at radius 3 is 2.33 bits per heavy atom. The van der Waals surface area contributed by atoms with Crippen LogP contribution >= 0.6 is 0 Å². The summed E-state index contributed by atoms with van der Waals surface area (Å²) >= 11 is 0. The maximum atomic E-state index is 12.0. The van der Waals surface area contributed by atoms with Gasteiger partial charge in [0.15, 0.2) is 0 Å². The van der Waals surface area contributed by atoms with E-state index in [4.69, 9.17) is 0 Å². The molecule has 2 aromatic rings. The van der Waals surface area contributed by atoms with Crippen LogP contribution < -0.4 is 5.32 Å². The number of hydrogen-bond donors (Lipinski definition) is 2. The molecular weight excluding hydrogens is 226 g/mol. The molecule has 0 aliphatic rings. The lowest BCUT2D eigenvalue weighted by molar-refractivity contribution is 0.102. The topological polar surface area (TPSA) is 49.3 Å². The van der Waals surface area contributed by atoms with E-state index in [9.17, 15) is 9.90 Å². The molecule has 1 amide bonds. The standard InChI is InChI=1S/C15H15NO2/c1-11(17)13-9-5-6-10-14(13)16-15(18)12-7-3-2-4-8-12/h2-11,17H,1H3,(H,16,18)/t11-/m1/s1. The van der Waals surface area contributed by atoms with Crippen LogP contribution in [0.1, 0.15) is 28.9 Å². The zero-order chi connectivity index (χ0) is 13.0. The molecule has 18 heavy (non-hydrogen) atoms. The summed E-state index contributed by atoms with van der Waals surface area (Å²) in [6.07, 6.45) is -0.614. The minimum Gasteiger partial charge on any atom is -0.389 e. The summed E-state index contributed by atoms with van der Waals surface area (Å²) < 4.78 is 0. The molecule has 0 aliphatic carbocycles. The van der Waals surface area contributed by atoms with E-state index in [1.807, 2.05) is 30.3 Å². The quantitative estimate of drug-likeness (QED) is 0.867. The van der Waals surface area contributed by atoms with E-state index in [0.29, 0.717) is 16.8 Å². The summed E-state index contributed by atoms with van der Waals surface area (Å²) in [6, 6.07) is 16.2. The van der Waals surface area contributed by atoms with E-state index in [1.165, 1.54) is 0 Å². The number of benzene rings is 2. The number of anilines is 1. The highest BCUT2D eigenvalue weighted by Crippen LogP contribution is 2.22. The van der Waals surface area contributed by atoms with Gasteiger partial charge in [0.25, 0.3) is 5.91 Å². The van der Waals surface area contributed by atoms with E-state index >= 15 is 0 Å². The predicted molar refractivity (Wildman–Crippen MR) is 71.5 cm³/mol. The fourth-order valence-corrected chi connectivity index (χ4v) is 1.76. The molecule has 2 rings (SSSR count). The number of carbonyl (C=O) groups excluding carboxylic acids is 1.